The van der Waals surface area contributed by atoms with Crippen LogP contribution in [0.1, 0.15) is 44.6 Å². The van der Waals surface area contributed by atoms with E-state index in [-0.39, 0.29) is 13.0 Å². The number of ether oxygens (including phenoxy) is 2. The van der Waals surface area contributed by atoms with Crippen LogP contribution in [0.3, 0.4) is 0 Å². The minimum absolute atomic E-state index is 0.108. The molecule has 0 radical (unpaired) electrons. The van der Waals surface area contributed by atoms with Gasteiger partial charge in [0.05, 0.1) is 18.8 Å². The normalized spacial score (nSPS) is 14.2. The van der Waals surface area contributed by atoms with E-state index < -0.39 is 29.6 Å². The Morgan fingerprint density at radius 3 is 2.47 bits per heavy atom. The third-order valence-electron chi connectivity index (χ3n) is 6.08. The molecule has 0 fully saturated rings. The molecule has 1 unspecified atom stereocenters. The van der Waals surface area contributed by atoms with E-state index in [9.17, 15) is 9.18 Å². The van der Waals surface area contributed by atoms with Gasteiger partial charge in [-0.15, -0.1) is 0 Å². The molecule has 0 bridgehead atoms. The number of hydrogen-bond acceptors (Lipinski definition) is 5. The number of halogens is 1. The van der Waals surface area contributed by atoms with Crippen molar-refractivity contribution in [2.75, 3.05) is 20.8 Å². The molecule has 1 heterocycles. The lowest BCUT2D eigenvalue weighted by Crippen LogP contribution is -2.45. The smallest absolute Gasteiger partial charge is 0.249 e. The van der Waals surface area contributed by atoms with Gasteiger partial charge >= 0.3 is 0 Å². The van der Waals surface area contributed by atoms with Gasteiger partial charge in [0.25, 0.3) is 0 Å². The molecule has 0 aliphatic carbocycles. The van der Waals surface area contributed by atoms with E-state index in [0.717, 1.165) is 22.6 Å². The lowest BCUT2D eigenvalue weighted by atomic mass is 9.85. The van der Waals surface area contributed by atoms with Crippen LogP contribution in [-0.2, 0) is 16.1 Å². The average molecular weight is 497 g/mol. The number of hydrogen-bond donors (Lipinski definition) is 2. The molecule has 0 spiro atoms. The van der Waals surface area contributed by atoms with Crippen LogP contribution in [-0.4, -0.2) is 48.5 Å². The second-order valence-corrected chi connectivity index (χ2v) is 9.93. The first-order valence-electron chi connectivity index (χ1n) is 12.1. The van der Waals surface area contributed by atoms with Crippen molar-refractivity contribution in [3.8, 4) is 17.0 Å². The summed E-state index contributed by atoms with van der Waals surface area (Å²) in [6.07, 6.45) is -0.400. The number of nitrogens with one attached hydrogen (secondary N) is 1. The molecule has 36 heavy (non-hydrogen) atoms. The second-order valence-electron chi connectivity index (χ2n) is 9.93. The Labute approximate surface area is 212 Å². The van der Waals surface area contributed by atoms with Crippen molar-refractivity contribution in [2.45, 2.75) is 52.1 Å². The topological polar surface area (TPSA) is 91.4 Å². The number of imidazole rings is 1. The van der Waals surface area contributed by atoms with Crippen molar-refractivity contribution in [3.63, 3.8) is 0 Å². The van der Waals surface area contributed by atoms with Gasteiger partial charge in [-0.2, -0.15) is 0 Å². The molecule has 0 saturated carbocycles. The second kappa shape index (κ2) is 12.1. The maximum absolute atomic E-state index is 14.0. The predicted octanol–water partition coefficient (Wildman–Crippen LogP) is 4.51. The predicted molar refractivity (Wildman–Crippen MR) is 139 cm³/mol. The van der Waals surface area contributed by atoms with Crippen LogP contribution in [0.15, 0.2) is 60.8 Å². The summed E-state index contributed by atoms with van der Waals surface area (Å²) in [5.41, 5.74) is 7.79. The largest absolute Gasteiger partial charge is 0.497 e. The first-order valence-corrected chi connectivity index (χ1v) is 12.1. The fraction of sp³-hybridized carbons (Fsp3) is 0.429. The highest BCUT2D eigenvalue weighted by Gasteiger charge is 2.34. The van der Waals surface area contributed by atoms with Crippen molar-refractivity contribution in [3.05, 3.63) is 72.2 Å². The minimum Gasteiger partial charge on any atom is -0.497 e. The van der Waals surface area contributed by atoms with Gasteiger partial charge < -0.3 is 25.1 Å². The SMILES string of the molecule is COc1cccc(-c2cn(Cc3ccccc3)c([C@H](NC(=O)C(C[C@@H](F)CN)OC)C(C)(C)C)n2)c1. The average Bonchev–Trinajstić information content (AvgIpc) is 3.28. The molecule has 3 N–H and O–H groups in total. The lowest BCUT2D eigenvalue weighted by molar-refractivity contribution is -0.134. The molecule has 0 aliphatic rings. The number of benzene rings is 2. The summed E-state index contributed by atoms with van der Waals surface area (Å²) in [5, 5.41) is 3.09. The quantitative estimate of drug-likeness (QED) is 0.408. The molecular weight excluding hydrogens is 459 g/mol. The van der Waals surface area contributed by atoms with Crippen LogP contribution in [0.5, 0.6) is 5.75 Å². The molecular formula is C28H37FN4O3. The van der Waals surface area contributed by atoms with Gasteiger partial charge in [0.15, 0.2) is 0 Å². The zero-order chi connectivity index (χ0) is 26.3. The van der Waals surface area contributed by atoms with Gasteiger partial charge in [0.2, 0.25) is 5.91 Å². The number of aromatic nitrogens is 2. The minimum atomic E-state index is -1.33. The number of alkyl halides is 1. The third kappa shape index (κ3) is 6.92. The number of carbonyl (C=O) groups excluding carboxylic acids is 1. The summed E-state index contributed by atoms with van der Waals surface area (Å²) in [5.74, 6) is 1.03. The molecule has 8 heteroatoms. The third-order valence-corrected chi connectivity index (χ3v) is 6.08. The standard InChI is InChI=1S/C28H37FN4O3/c1-28(2,3)25(32-27(34)24(36-5)15-21(29)16-30)26-31-23(20-12-9-13-22(14-20)35-4)18-33(26)17-19-10-7-6-8-11-19/h6-14,18,21,24-25H,15-17,30H2,1-5H3,(H,32,34)/t21-,24?,25+/m1/s1. The number of amides is 1. The van der Waals surface area contributed by atoms with Crippen LogP contribution in [0.25, 0.3) is 11.3 Å². The van der Waals surface area contributed by atoms with Gasteiger partial charge in [-0.25, -0.2) is 9.37 Å². The maximum Gasteiger partial charge on any atom is 0.249 e. The fourth-order valence-corrected chi connectivity index (χ4v) is 4.03. The van der Waals surface area contributed by atoms with E-state index in [2.05, 4.69) is 22.0 Å². The molecule has 0 aliphatic heterocycles. The monoisotopic (exact) mass is 496 g/mol. The number of carbonyl (C=O) groups is 1. The Hall–Kier alpha value is -3.23. The lowest BCUT2D eigenvalue weighted by Gasteiger charge is -2.32. The van der Waals surface area contributed by atoms with Crippen molar-refractivity contribution in [2.24, 2.45) is 11.1 Å². The molecule has 1 amide bonds. The molecule has 194 valence electrons. The zero-order valence-electron chi connectivity index (χ0n) is 21.7. The maximum atomic E-state index is 14.0. The molecule has 7 nitrogen and oxygen atoms in total. The van der Waals surface area contributed by atoms with E-state index in [0.29, 0.717) is 12.4 Å². The van der Waals surface area contributed by atoms with Crippen LogP contribution in [0.2, 0.25) is 0 Å². The van der Waals surface area contributed by atoms with Crippen LogP contribution < -0.4 is 15.8 Å². The Kier molecular flexibility index (Phi) is 9.23. The number of methoxy groups -OCH3 is 2. The fourth-order valence-electron chi connectivity index (χ4n) is 4.03. The summed E-state index contributed by atoms with van der Waals surface area (Å²) in [4.78, 5) is 18.2. The van der Waals surface area contributed by atoms with Crippen LogP contribution in [0.4, 0.5) is 4.39 Å². The van der Waals surface area contributed by atoms with E-state index in [1.165, 1.54) is 7.11 Å². The number of nitrogens with zero attached hydrogens (tertiary/aromatic N) is 2. The van der Waals surface area contributed by atoms with E-state index in [4.69, 9.17) is 20.2 Å². The Morgan fingerprint density at radius 2 is 1.86 bits per heavy atom. The van der Waals surface area contributed by atoms with Crippen molar-refractivity contribution < 1.29 is 18.7 Å². The summed E-state index contributed by atoms with van der Waals surface area (Å²) in [6.45, 7) is 6.50. The van der Waals surface area contributed by atoms with E-state index in [1.807, 2.05) is 69.4 Å². The summed E-state index contributed by atoms with van der Waals surface area (Å²) >= 11 is 0. The van der Waals surface area contributed by atoms with E-state index >= 15 is 0 Å². The molecule has 3 atom stereocenters. The molecule has 1 aromatic heterocycles. The van der Waals surface area contributed by atoms with Gasteiger partial charge in [0.1, 0.15) is 23.8 Å². The van der Waals surface area contributed by atoms with Crippen LogP contribution in [0, 0.1) is 5.41 Å². The van der Waals surface area contributed by atoms with E-state index in [1.54, 1.807) is 7.11 Å². The first kappa shape index (κ1) is 27.4. The van der Waals surface area contributed by atoms with Crippen molar-refractivity contribution in [1.82, 2.24) is 14.9 Å². The Bertz CT molecular complexity index is 1130. The van der Waals surface area contributed by atoms with Crippen molar-refractivity contribution >= 4 is 5.91 Å². The summed E-state index contributed by atoms with van der Waals surface area (Å²) < 4.78 is 26.7. The Morgan fingerprint density at radius 1 is 1.14 bits per heavy atom. The first-order chi connectivity index (χ1) is 17.2. The van der Waals surface area contributed by atoms with Crippen LogP contribution >= 0.6 is 0 Å². The summed E-state index contributed by atoms with van der Waals surface area (Å²) in [6, 6.07) is 17.3. The highest BCUT2D eigenvalue weighted by atomic mass is 19.1. The molecule has 3 aromatic rings. The van der Waals surface area contributed by atoms with Gasteiger partial charge in [0, 0.05) is 38.4 Å². The summed E-state index contributed by atoms with van der Waals surface area (Å²) in [7, 11) is 3.03. The van der Waals surface area contributed by atoms with Gasteiger partial charge in [-0.05, 0) is 23.1 Å². The molecule has 3 rings (SSSR count). The molecule has 2 aromatic carbocycles. The zero-order valence-corrected chi connectivity index (χ0v) is 21.7. The number of nitrogens with two attached hydrogens (primary N) is 1. The van der Waals surface area contributed by atoms with Gasteiger partial charge in [-0.3, -0.25) is 4.79 Å². The molecule has 0 saturated heterocycles. The highest BCUT2D eigenvalue weighted by Crippen LogP contribution is 2.35. The Balaban J connectivity index is 2.04. The number of rotatable bonds is 11. The van der Waals surface area contributed by atoms with Gasteiger partial charge in [-0.1, -0.05) is 63.2 Å². The van der Waals surface area contributed by atoms with Crippen molar-refractivity contribution in [1.29, 1.82) is 0 Å². The highest BCUT2D eigenvalue weighted by molar-refractivity contribution is 5.81.